The van der Waals surface area contributed by atoms with Gasteiger partial charge in [-0.1, -0.05) is 0 Å². The molecule has 0 aromatic heterocycles. The molecule has 0 atom stereocenters. The van der Waals surface area contributed by atoms with E-state index in [2.05, 4.69) is 6.92 Å². The van der Waals surface area contributed by atoms with E-state index < -0.39 is 3.76 Å². The van der Waals surface area contributed by atoms with E-state index in [0.717, 1.165) is 0 Å². The molecule has 0 fully saturated rings. The molecule has 0 N–H and O–H groups in total. The summed E-state index contributed by atoms with van der Waals surface area (Å²) in [5, 5.41) is 0. The van der Waals surface area contributed by atoms with Gasteiger partial charge in [0.1, 0.15) is 0 Å². The molecule has 0 aliphatic heterocycles. The molecule has 0 saturated carbocycles. The first-order valence-electron chi connectivity index (χ1n) is 5.64. The molecule has 5 heteroatoms. The second kappa shape index (κ2) is 10.9. The SMILES string of the molecule is CCCCCCCCC[CH2][Au][Si](Cl)(Cl)Cl. The topological polar surface area (TPSA) is 0 Å². The molecule has 0 spiro atoms. The van der Waals surface area contributed by atoms with Crippen LogP contribution in [0.25, 0.3) is 0 Å². The fraction of sp³-hybridized carbons (Fsp3) is 1.00. The van der Waals surface area contributed by atoms with Crippen LogP contribution in [0.15, 0.2) is 0 Å². The summed E-state index contributed by atoms with van der Waals surface area (Å²) < 4.78 is -1.04. The Bertz CT molecular complexity index is 139. The number of rotatable bonds is 10. The summed E-state index contributed by atoms with van der Waals surface area (Å²) in [6, 6.07) is 0. The molecule has 0 unspecified atom stereocenters. The molecular formula is C10H21AuCl3Si. The molecule has 0 nitrogen and oxygen atoms in total. The van der Waals surface area contributed by atoms with Gasteiger partial charge in [-0.3, -0.25) is 0 Å². The van der Waals surface area contributed by atoms with Crippen LogP contribution in [0.4, 0.5) is 0 Å². The molecule has 15 heavy (non-hydrogen) atoms. The molecule has 0 amide bonds. The van der Waals surface area contributed by atoms with Gasteiger partial charge in [0.15, 0.2) is 0 Å². The van der Waals surface area contributed by atoms with Crippen molar-refractivity contribution in [2.75, 3.05) is 0 Å². The average molecular weight is 473 g/mol. The van der Waals surface area contributed by atoms with Crippen LogP contribution < -0.4 is 0 Å². The van der Waals surface area contributed by atoms with Crippen molar-refractivity contribution in [2.45, 2.75) is 62.9 Å². The van der Waals surface area contributed by atoms with E-state index in [0.29, 0.717) is 0 Å². The third-order valence-electron chi connectivity index (χ3n) is 2.16. The van der Waals surface area contributed by atoms with Crippen molar-refractivity contribution in [3.8, 4) is 0 Å². The van der Waals surface area contributed by atoms with Crippen LogP contribution in [0, 0.1) is 0 Å². The number of hydrogen-bond acceptors (Lipinski definition) is 0. The minimum absolute atomic E-state index is 0.00587. The van der Waals surface area contributed by atoms with Crippen LogP contribution in [0.1, 0.15) is 58.3 Å². The summed E-state index contributed by atoms with van der Waals surface area (Å²) in [4.78, 5) is 0. The summed E-state index contributed by atoms with van der Waals surface area (Å²) in [6.07, 6.45) is 10.9. The first kappa shape index (κ1) is 16.8. The molecule has 0 heterocycles. The van der Waals surface area contributed by atoms with Crippen LogP contribution >= 0.6 is 33.2 Å². The molecule has 0 aliphatic rings. The first-order valence-corrected chi connectivity index (χ1v) is 15.3. The number of hydrogen-bond donors (Lipinski definition) is 0. The standard InChI is InChI=1S/C10H21.Au.Cl3Si/c1-3-5-7-9-10-8-6-4-2;;1-4(2)3/h1,3-10H2,2H3;;. The predicted molar refractivity (Wildman–Crippen MR) is 70.7 cm³/mol. The normalized spacial score (nSPS) is 12.3. The second-order valence-corrected chi connectivity index (χ2v) is 25.2. The third-order valence-corrected chi connectivity index (χ3v) is 13.5. The van der Waals surface area contributed by atoms with Gasteiger partial charge in [-0.15, -0.1) is 0 Å². The second-order valence-electron chi connectivity index (χ2n) is 3.62. The zero-order chi connectivity index (χ0) is 11.6. The van der Waals surface area contributed by atoms with Crippen LogP contribution in [0.5, 0.6) is 0 Å². The van der Waals surface area contributed by atoms with Crippen molar-refractivity contribution < 1.29 is 19.0 Å². The minimum atomic E-state index is -2.23. The van der Waals surface area contributed by atoms with Crippen molar-refractivity contribution >= 4 is 37.0 Å². The molecule has 0 bridgehead atoms. The van der Waals surface area contributed by atoms with Gasteiger partial charge in [0.05, 0.1) is 0 Å². The summed E-state index contributed by atoms with van der Waals surface area (Å²) in [6.45, 7) is 2.25. The Balaban J connectivity index is 2.99. The third kappa shape index (κ3) is 15.8. The Hall–Kier alpha value is 1.83. The van der Waals surface area contributed by atoms with Crippen molar-refractivity contribution in [3.63, 3.8) is 0 Å². The van der Waals surface area contributed by atoms with Gasteiger partial charge >= 0.3 is 119 Å². The van der Waals surface area contributed by atoms with E-state index in [1.807, 2.05) is 0 Å². The van der Waals surface area contributed by atoms with Gasteiger partial charge in [-0.2, -0.15) is 0 Å². The average Bonchev–Trinajstić information content (AvgIpc) is 2.14. The summed E-state index contributed by atoms with van der Waals surface area (Å²) in [5.41, 5.74) is 0. The number of unbranched alkanes of at least 4 members (excludes halogenated alkanes) is 7. The molecule has 97 valence electrons. The fourth-order valence-corrected chi connectivity index (χ4v) is 9.36. The molecule has 0 aliphatic carbocycles. The van der Waals surface area contributed by atoms with Gasteiger partial charge in [0.2, 0.25) is 0 Å². The van der Waals surface area contributed by atoms with Crippen molar-refractivity contribution in [1.29, 1.82) is 0 Å². The van der Waals surface area contributed by atoms with E-state index in [1.54, 1.807) is 0 Å². The molecule has 0 aromatic carbocycles. The molecule has 0 aromatic rings. The monoisotopic (exact) mass is 471 g/mol. The molecule has 0 saturated heterocycles. The van der Waals surface area contributed by atoms with Gasteiger partial charge in [-0.25, -0.2) is 0 Å². The van der Waals surface area contributed by atoms with Crippen LogP contribution in [-0.2, 0) is 19.0 Å². The van der Waals surface area contributed by atoms with Crippen molar-refractivity contribution in [2.24, 2.45) is 0 Å². The van der Waals surface area contributed by atoms with Crippen LogP contribution in [0.2, 0.25) is 4.64 Å². The van der Waals surface area contributed by atoms with Gasteiger partial charge in [0.25, 0.3) is 0 Å². The van der Waals surface area contributed by atoms with E-state index >= 15 is 0 Å². The first-order chi connectivity index (χ1) is 7.06. The van der Waals surface area contributed by atoms with Crippen molar-refractivity contribution in [1.82, 2.24) is 0 Å². The molecule has 0 rings (SSSR count). The summed E-state index contributed by atoms with van der Waals surface area (Å²) in [5.74, 6) is 0. The molecular weight excluding hydrogens is 452 g/mol. The van der Waals surface area contributed by atoms with Crippen molar-refractivity contribution in [3.05, 3.63) is 0 Å². The Kier molecular flexibility index (Phi) is 12.3. The summed E-state index contributed by atoms with van der Waals surface area (Å²) in [7, 11) is 0. The van der Waals surface area contributed by atoms with Gasteiger partial charge in [0, 0.05) is 0 Å². The van der Waals surface area contributed by atoms with Gasteiger partial charge < -0.3 is 0 Å². The Labute approximate surface area is 118 Å². The van der Waals surface area contributed by atoms with Gasteiger partial charge in [-0.05, 0) is 0 Å². The Morgan fingerprint density at radius 3 is 1.73 bits per heavy atom. The Morgan fingerprint density at radius 2 is 1.27 bits per heavy atom. The predicted octanol–water partition coefficient (Wildman–Crippen LogP) is 5.78. The van der Waals surface area contributed by atoms with Crippen LogP contribution in [0.3, 0.4) is 0 Å². The quantitative estimate of drug-likeness (QED) is 0.215. The van der Waals surface area contributed by atoms with E-state index in [4.69, 9.17) is 33.2 Å². The fourth-order valence-electron chi connectivity index (χ4n) is 1.35. The Morgan fingerprint density at radius 1 is 0.800 bits per heavy atom. The van der Waals surface area contributed by atoms with Crippen LogP contribution in [-0.4, -0.2) is 3.76 Å². The zero-order valence-corrected chi connectivity index (χ0v) is 14.7. The summed E-state index contributed by atoms with van der Waals surface area (Å²) >= 11 is 17.5. The number of halogens is 3. The van der Waals surface area contributed by atoms with E-state index in [9.17, 15) is 0 Å². The van der Waals surface area contributed by atoms with E-state index in [1.165, 1.54) is 56.0 Å². The van der Waals surface area contributed by atoms with E-state index in [-0.39, 0.29) is 19.0 Å². The maximum absolute atomic E-state index is 5.84. The molecule has 0 radical (unpaired) electrons. The maximum atomic E-state index is 5.84. The zero-order valence-electron chi connectivity index (χ0n) is 9.30.